The van der Waals surface area contributed by atoms with Gasteiger partial charge in [0, 0.05) is 26.4 Å². The third kappa shape index (κ3) is 2.35. The highest BCUT2D eigenvalue weighted by Gasteiger charge is 2.60. The summed E-state index contributed by atoms with van der Waals surface area (Å²) in [6.07, 6.45) is 1.10. The summed E-state index contributed by atoms with van der Waals surface area (Å²) in [6, 6.07) is 0. The Morgan fingerprint density at radius 3 is 1.56 bits per heavy atom. The average molecular weight is 248 g/mol. The highest BCUT2D eigenvalue weighted by Crippen LogP contribution is 2.52. The van der Waals surface area contributed by atoms with Gasteiger partial charge in [0.15, 0.2) is 0 Å². The van der Waals surface area contributed by atoms with Crippen LogP contribution in [0.4, 0.5) is 0 Å². The lowest BCUT2D eigenvalue weighted by Crippen LogP contribution is -2.57. The van der Waals surface area contributed by atoms with Crippen molar-refractivity contribution in [3.8, 4) is 0 Å². The number of hydrogen-bond acceptors (Lipinski definition) is 3. The summed E-state index contributed by atoms with van der Waals surface area (Å²) in [5.41, 5.74) is 0. The summed E-state index contributed by atoms with van der Waals surface area (Å²) in [4.78, 5) is 0. The summed E-state index contributed by atoms with van der Waals surface area (Å²) in [5.74, 6) is 0.952. The maximum atomic E-state index is 5.68. The monoisotopic (exact) mass is 248 g/mol. The molecule has 4 heteroatoms. The van der Waals surface area contributed by atoms with E-state index in [0.29, 0.717) is 11.8 Å². The fraction of sp³-hybridized carbons (Fsp3) is 1.00. The van der Waals surface area contributed by atoms with Gasteiger partial charge in [-0.15, -0.1) is 0 Å². The first-order valence-corrected chi connectivity index (χ1v) is 7.74. The molecule has 0 aliphatic carbocycles. The van der Waals surface area contributed by atoms with Crippen LogP contribution in [0.3, 0.4) is 0 Å². The second-order valence-corrected chi connectivity index (χ2v) is 8.33. The molecule has 0 aromatic carbocycles. The molecule has 0 rings (SSSR count). The maximum absolute atomic E-state index is 5.68. The standard InChI is InChI=1S/C12H28O3Si/c1-9-11(4)12(5,10(2)3)16(13-6,14-7)15-8/h10-11H,9H2,1-8H3. The first-order valence-electron chi connectivity index (χ1n) is 6.01. The van der Waals surface area contributed by atoms with E-state index >= 15 is 0 Å². The largest absolute Gasteiger partial charge is 0.506 e. The number of rotatable bonds is 7. The summed E-state index contributed by atoms with van der Waals surface area (Å²) < 4.78 is 17.0. The van der Waals surface area contributed by atoms with E-state index in [-0.39, 0.29) is 5.04 Å². The zero-order valence-corrected chi connectivity index (χ0v) is 13.1. The molecule has 0 aromatic rings. The molecule has 3 nitrogen and oxygen atoms in total. The van der Waals surface area contributed by atoms with Crippen LogP contribution in [0.5, 0.6) is 0 Å². The molecular formula is C12H28O3Si. The van der Waals surface area contributed by atoms with Crippen LogP contribution in [0, 0.1) is 11.8 Å². The van der Waals surface area contributed by atoms with E-state index in [1.165, 1.54) is 0 Å². The Kier molecular flexibility index (Phi) is 6.18. The molecule has 0 saturated heterocycles. The van der Waals surface area contributed by atoms with Crippen molar-refractivity contribution in [2.75, 3.05) is 21.3 Å². The predicted molar refractivity (Wildman–Crippen MR) is 69.4 cm³/mol. The zero-order chi connectivity index (χ0) is 13.0. The Labute approximate surface area is 102 Å². The van der Waals surface area contributed by atoms with Crippen molar-refractivity contribution in [1.82, 2.24) is 0 Å². The molecule has 2 unspecified atom stereocenters. The first-order chi connectivity index (χ1) is 7.36. The van der Waals surface area contributed by atoms with E-state index in [4.69, 9.17) is 13.3 Å². The second-order valence-electron chi connectivity index (χ2n) is 4.92. The Hall–Kier alpha value is 0.0969. The van der Waals surface area contributed by atoms with Crippen molar-refractivity contribution < 1.29 is 13.3 Å². The molecule has 0 heterocycles. The van der Waals surface area contributed by atoms with Crippen molar-refractivity contribution in [2.24, 2.45) is 11.8 Å². The molecule has 0 amide bonds. The van der Waals surface area contributed by atoms with Gasteiger partial charge in [0.2, 0.25) is 0 Å². The van der Waals surface area contributed by atoms with E-state index in [2.05, 4.69) is 34.6 Å². The van der Waals surface area contributed by atoms with Crippen LogP contribution in [0.25, 0.3) is 0 Å². The topological polar surface area (TPSA) is 27.7 Å². The summed E-state index contributed by atoms with van der Waals surface area (Å²) in [7, 11) is 2.47. The Balaban J connectivity index is 5.46. The highest BCUT2D eigenvalue weighted by atomic mass is 28.4. The van der Waals surface area contributed by atoms with Crippen LogP contribution < -0.4 is 0 Å². The van der Waals surface area contributed by atoms with E-state index < -0.39 is 8.80 Å². The molecular weight excluding hydrogens is 220 g/mol. The fourth-order valence-corrected chi connectivity index (χ4v) is 5.89. The summed E-state index contributed by atoms with van der Waals surface area (Å²) in [5, 5.41) is -0.0556. The lowest BCUT2D eigenvalue weighted by Gasteiger charge is -2.47. The van der Waals surface area contributed by atoms with Gasteiger partial charge in [0.25, 0.3) is 0 Å². The smallest absolute Gasteiger partial charge is 0.376 e. The van der Waals surface area contributed by atoms with Gasteiger partial charge >= 0.3 is 8.80 Å². The van der Waals surface area contributed by atoms with Gasteiger partial charge in [-0.05, 0) is 11.8 Å². The van der Waals surface area contributed by atoms with Gasteiger partial charge in [-0.1, -0.05) is 41.0 Å². The zero-order valence-electron chi connectivity index (χ0n) is 12.1. The fourth-order valence-electron chi connectivity index (χ4n) is 2.56. The average Bonchev–Trinajstić information content (AvgIpc) is 2.30. The van der Waals surface area contributed by atoms with Crippen LogP contribution in [0.1, 0.15) is 41.0 Å². The van der Waals surface area contributed by atoms with Crippen LogP contribution in [0.2, 0.25) is 5.04 Å². The molecule has 0 aromatic heterocycles. The van der Waals surface area contributed by atoms with Crippen molar-refractivity contribution in [3.63, 3.8) is 0 Å². The van der Waals surface area contributed by atoms with Gasteiger partial charge in [0.05, 0.1) is 0 Å². The van der Waals surface area contributed by atoms with Gasteiger partial charge in [-0.2, -0.15) is 0 Å². The van der Waals surface area contributed by atoms with E-state index in [9.17, 15) is 0 Å². The molecule has 0 N–H and O–H groups in total. The molecule has 0 aliphatic heterocycles. The van der Waals surface area contributed by atoms with Crippen LogP contribution >= 0.6 is 0 Å². The van der Waals surface area contributed by atoms with Crippen molar-refractivity contribution in [3.05, 3.63) is 0 Å². The van der Waals surface area contributed by atoms with E-state index in [1.54, 1.807) is 21.3 Å². The second kappa shape index (κ2) is 6.14. The Morgan fingerprint density at radius 2 is 1.38 bits per heavy atom. The van der Waals surface area contributed by atoms with E-state index in [0.717, 1.165) is 6.42 Å². The molecule has 0 bridgehead atoms. The lowest BCUT2D eigenvalue weighted by molar-refractivity contribution is 0.0609. The third-order valence-corrected chi connectivity index (χ3v) is 8.30. The predicted octanol–water partition coefficient (Wildman–Crippen LogP) is 3.33. The summed E-state index contributed by atoms with van der Waals surface area (Å²) >= 11 is 0. The van der Waals surface area contributed by atoms with Crippen LogP contribution in [0.15, 0.2) is 0 Å². The lowest BCUT2D eigenvalue weighted by atomic mass is 9.83. The minimum atomic E-state index is -2.62. The molecule has 0 spiro atoms. The van der Waals surface area contributed by atoms with Gasteiger partial charge in [0.1, 0.15) is 0 Å². The van der Waals surface area contributed by atoms with Gasteiger partial charge in [-0.3, -0.25) is 0 Å². The number of hydrogen-bond donors (Lipinski definition) is 0. The van der Waals surface area contributed by atoms with Crippen LogP contribution in [-0.4, -0.2) is 30.1 Å². The van der Waals surface area contributed by atoms with Crippen molar-refractivity contribution in [1.29, 1.82) is 0 Å². The molecule has 0 aliphatic rings. The Morgan fingerprint density at radius 1 is 1.00 bits per heavy atom. The van der Waals surface area contributed by atoms with Gasteiger partial charge < -0.3 is 13.3 Å². The SMILES string of the molecule is CCC(C)C(C)(C(C)C)[Si](OC)(OC)OC. The molecule has 0 saturated carbocycles. The normalized spacial score (nSPS) is 18.6. The third-order valence-electron chi connectivity index (χ3n) is 4.30. The molecule has 0 fully saturated rings. The van der Waals surface area contributed by atoms with Crippen molar-refractivity contribution >= 4 is 8.80 Å². The highest BCUT2D eigenvalue weighted by molar-refractivity contribution is 6.64. The Bertz CT molecular complexity index is 196. The molecule has 2 atom stereocenters. The molecule has 0 radical (unpaired) electrons. The van der Waals surface area contributed by atoms with Crippen molar-refractivity contribution in [2.45, 2.75) is 46.1 Å². The van der Waals surface area contributed by atoms with Crippen LogP contribution in [-0.2, 0) is 13.3 Å². The summed E-state index contributed by atoms with van der Waals surface area (Å²) in [6.45, 7) is 11.1. The quantitative estimate of drug-likeness (QED) is 0.647. The first kappa shape index (κ1) is 16.1. The van der Waals surface area contributed by atoms with E-state index in [1.807, 2.05) is 0 Å². The molecule has 16 heavy (non-hydrogen) atoms. The minimum absolute atomic E-state index is 0.0556. The minimum Gasteiger partial charge on any atom is -0.376 e. The molecule has 98 valence electrons. The van der Waals surface area contributed by atoms with Gasteiger partial charge in [-0.25, -0.2) is 0 Å². The maximum Gasteiger partial charge on any atom is 0.506 e.